The van der Waals surface area contributed by atoms with E-state index in [1.165, 1.54) is 6.07 Å². The van der Waals surface area contributed by atoms with Crippen LogP contribution in [0.1, 0.15) is 24.5 Å². The zero-order valence-corrected chi connectivity index (χ0v) is 13.3. The van der Waals surface area contributed by atoms with E-state index in [4.69, 9.17) is 18.0 Å². The summed E-state index contributed by atoms with van der Waals surface area (Å²) < 4.78 is 13.9. The highest BCUT2D eigenvalue weighted by Crippen LogP contribution is 2.13. The molecule has 0 spiro atoms. The highest BCUT2D eigenvalue weighted by molar-refractivity contribution is 7.80. The molecule has 2 N–H and O–H groups in total. The fraction of sp³-hybridized carbons (Fsp3) is 0.533. The monoisotopic (exact) mass is 297 g/mol. The molecule has 3 nitrogen and oxygen atoms in total. The normalized spacial score (nSPS) is 11.3. The summed E-state index contributed by atoms with van der Waals surface area (Å²) in [7, 11) is 4.08. The molecular formula is C15H24FN3S. The lowest BCUT2D eigenvalue weighted by molar-refractivity contribution is 0.231. The molecule has 0 heterocycles. The van der Waals surface area contributed by atoms with Crippen molar-refractivity contribution < 1.29 is 4.39 Å². The van der Waals surface area contributed by atoms with Crippen LogP contribution in [0.4, 0.5) is 4.39 Å². The van der Waals surface area contributed by atoms with Crippen molar-refractivity contribution in [3.63, 3.8) is 0 Å². The molecule has 0 aromatic heterocycles. The lowest BCUT2D eigenvalue weighted by atomic mass is 10.1. The van der Waals surface area contributed by atoms with Gasteiger partial charge in [0.1, 0.15) is 10.8 Å². The summed E-state index contributed by atoms with van der Waals surface area (Å²) in [6.45, 7) is 5.53. The summed E-state index contributed by atoms with van der Waals surface area (Å²) in [6, 6.07) is 4.83. The lowest BCUT2D eigenvalue weighted by Crippen LogP contribution is -2.32. The zero-order chi connectivity index (χ0) is 15.1. The van der Waals surface area contributed by atoms with Gasteiger partial charge < -0.3 is 10.6 Å². The first-order valence-corrected chi connectivity index (χ1v) is 7.30. The summed E-state index contributed by atoms with van der Waals surface area (Å²) in [5, 5.41) is 0. The molecule has 1 rings (SSSR count). The van der Waals surface area contributed by atoms with E-state index in [0.717, 1.165) is 31.6 Å². The molecule has 0 unspecified atom stereocenters. The molecule has 0 saturated carbocycles. The average molecular weight is 297 g/mol. The molecule has 0 bridgehead atoms. The molecule has 112 valence electrons. The molecule has 0 aliphatic heterocycles. The maximum atomic E-state index is 13.9. The van der Waals surface area contributed by atoms with Crippen LogP contribution in [-0.4, -0.2) is 48.5 Å². The Kier molecular flexibility index (Phi) is 7.05. The van der Waals surface area contributed by atoms with E-state index in [-0.39, 0.29) is 5.82 Å². The van der Waals surface area contributed by atoms with Crippen LogP contribution in [0, 0.1) is 5.82 Å². The van der Waals surface area contributed by atoms with Gasteiger partial charge in [0, 0.05) is 30.8 Å². The van der Waals surface area contributed by atoms with Gasteiger partial charge in [0.05, 0.1) is 0 Å². The third kappa shape index (κ3) is 5.53. The molecule has 0 aliphatic carbocycles. The minimum Gasteiger partial charge on any atom is -0.389 e. The Morgan fingerprint density at radius 3 is 2.50 bits per heavy atom. The molecule has 0 fully saturated rings. The van der Waals surface area contributed by atoms with Gasteiger partial charge in [-0.25, -0.2) is 4.39 Å². The van der Waals surface area contributed by atoms with Crippen LogP contribution in [0.3, 0.4) is 0 Å². The number of halogens is 1. The first-order valence-electron chi connectivity index (χ1n) is 6.89. The third-order valence-corrected chi connectivity index (χ3v) is 3.36. The van der Waals surface area contributed by atoms with Crippen LogP contribution in [0.2, 0.25) is 0 Å². The van der Waals surface area contributed by atoms with E-state index in [0.29, 0.717) is 17.1 Å². The summed E-state index contributed by atoms with van der Waals surface area (Å²) in [5.74, 6) is -0.198. The topological polar surface area (TPSA) is 32.5 Å². The summed E-state index contributed by atoms with van der Waals surface area (Å²) in [6.07, 6.45) is 1.05. The number of nitrogens with zero attached hydrogens (tertiary/aromatic N) is 2. The van der Waals surface area contributed by atoms with Gasteiger partial charge >= 0.3 is 0 Å². The molecule has 5 heteroatoms. The van der Waals surface area contributed by atoms with Crippen LogP contribution >= 0.6 is 12.2 Å². The first kappa shape index (κ1) is 17.0. The average Bonchev–Trinajstić information content (AvgIpc) is 2.38. The molecule has 20 heavy (non-hydrogen) atoms. The van der Waals surface area contributed by atoms with Crippen molar-refractivity contribution in [1.82, 2.24) is 9.80 Å². The number of hydrogen-bond acceptors (Lipinski definition) is 3. The van der Waals surface area contributed by atoms with Gasteiger partial charge in [-0.3, -0.25) is 4.90 Å². The van der Waals surface area contributed by atoms with Gasteiger partial charge in [0.25, 0.3) is 0 Å². The Morgan fingerprint density at radius 1 is 1.25 bits per heavy atom. The Bertz CT molecular complexity index is 449. The predicted molar refractivity (Wildman–Crippen MR) is 86.4 cm³/mol. The molecule has 1 aromatic rings. The van der Waals surface area contributed by atoms with Crippen molar-refractivity contribution in [2.24, 2.45) is 5.73 Å². The van der Waals surface area contributed by atoms with Crippen LogP contribution in [0.5, 0.6) is 0 Å². The molecule has 0 amide bonds. The second-order valence-electron chi connectivity index (χ2n) is 5.25. The van der Waals surface area contributed by atoms with E-state index in [9.17, 15) is 4.39 Å². The minimum absolute atomic E-state index is 0.198. The number of thiocarbonyl (C=S) groups is 1. The van der Waals surface area contributed by atoms with Crippen molar-refractivity contribution in [2.45, 2.75) is 19.9 Å². The number of benzene rings is 1. The quantitative estimate of drug-likeness (QED) is 0.746. The first-order chi connectivity index (χ1) is 9.43. The van der Waals surface area contributed by atoms with Gasteiger partial charge in [-0.2, -0.15) is 0 Å². The second kappa shape index (κ2) is 8.29. The van der Waals surface area contributed by atoms with Crippen molar-refractivity contribution in [2.75, 3.05) is 33.7 Å². The number of rotatable bonds is 8. The van der Waals surface area contributed by atoms with E-state index in [1.807, 2.05) is 14.1 Å². The lowest BCUT2D eigenvalue weighted by Gasteiger charge is -2.24. The summed E-state index contributed by atoms with van der Waals surface area (Å²) in [4.78, 5) is 4.69. The fourth-order valence-corrected chi connectivity index (χ4v) is 2.14. The van der Waals surface area contributed by atoms with E-state index in [1.54, 1.807) is 12.1 Å². The predicted octanol–water partition coefficient (Wildman–Crippen LogP) is 2.23. The Balaban J connectivity index is 2.81. The smallest absolute Gasteiger partial charge is 0.127 e. The highest BCUT2D eigenvalue weighted by Gasteiger charge is 2.11. The summed E-state index contributed by atoms with van der Waals surface area (Å²) in [5.41, 5.74) is 6.99. The van der Waals surface area contributed by atoms with Gasteiger partial charge in [0.2, 0.25) is 0 Å². The Hall–Kier alpha value is -1.04. The number of hydrogen-bond donors (Lipinski definition) is 1. The van der Waals surface area contributed by atoms with Gasteiger partial charge in [-0.15, -0.1) is 0 Å². The number of likely N-dealkylation sites (N-methyl/N-ethyl adjacent to an activating group) is 1. The standard InChI is InChI=1S/C15H24FN3S/c1-4-7-19(9-8-18(2)3)11-13-10-12(15(17)20)5-6-14(13)16/h5-6,10H,4,7-9,11H2,1-3H3,(H2,17,20). The van der Waals surface area contributed by atoms with E-state index < -0.39 is 0 Å². The van der Waals surface area contributed by atoms with Gasteiger partial charge in [-0.1, -0.05) is 19.1 Å². The molecule has 0 aliphatic rings. The second-order valence-corrected chi connectivity index (χ2v) is 5.69. The molecular weight excluding hydrogens is 273 g/mol. The summed E-state index contributed by atoms with van der Waals surface area (Å²) >= 11 is 4.95. The van der Waals surface area contributed by atoms with E-state index >= 15 is 0 Å². The van der Waals surface area contributed by atoms with Crippen molar-refractivity contribution in [1.29, 1.82) is 0 Å². The number of nitrogens with two attached hydrogens (primary N) is 1. The molecule has 0 atom stereocenters. The van der Waals surface area contributed by atoms with Crippen molar-refractivity contribution in [3.05, 3.63) is 35.1 Å². The highest BCUT2D eigenvalue weighted by atomic mass is 32.1. The maximum absolute atomic E-state index is 13.9. The van der Waals surface area contributed by atoms with Crippen molar-refractivity contribution >= 4 is 17.2 Å². The van der Waals surface area contributed by atoms with Crippen LogP contribution in [-0.2, 0) is 6.54 Å². The Labute approximate surface area is 126 Å². The molecule has 0 saturated heterocycles. The zero-order valence-electron chi connectivity index (χ0n) is 12.5. The van der Waals surface area contributed by atoms with Crippen LogP contribution < -0.4 is 5.73 Å². The maximum Gasteiger partial charge on any atom is 0.127 e. The van der Waals surface area contributed by atoms with Gasteiger partial charge in [-0.05, 0) is 45.3 Å². The minimum atomic E-state index is -0.198. The van der Waals surface area contributed by atoms with Gasteiger partial charge in [0.15, 0.2) is 0 Å². The molecule has 1 aromatic carbocycles. The van der Waals surface area contributed by atoms with Crippen molar-refractivity contribution in [3.8, 4) is 0 Å². The fourth-order valence-electron chi connectivity index (χ4n) is 2.02. The SMILES string of the molecule is CCCN(CCN(C)C)Cc1cc(C(N)=S)ccc1F. The van der Waals surface area contributed by atoms with Crippen LogP contribution in [0.15, 0.2) is 18.2 Å². The third-order valence-electron chi connectivity index (χ3n) is 3.13. The Morgan fingerprint density at radius 2 is 1.95 bits per heavy atom. The largest absolute Gasteiger partial charge is 0.389 e. The van der Waals surface area contributed by atoms with Crippen LogP contribution in [0.25, 0.3) is 0 Å². The van der Waals surface area contributed by atoms with E-state index in [2.05, 4.69) is 16.7 Å². The molecule has 0 radical (unpaired) electrons.